The van der Waals surface area contributed by atoms with Crippen molar-refractivity contribution < 1.29 is 8.42 Å². The zero-order valence-corrected chi connectivity index (χ0v) is 13.0. The molecule has 1 aliphatic heterocycles. The van der Waals surface area contributed by atoms with E-state index < -0.39 is 10.0 Å². The molecule has 0 bridgehead atoms. The number of aromatic amines is 1. The molecule has 2 heterocycles. The largest absolute Gasteiger partial charge is 0.284 e. The molecule has 0 radical (unpaired) electrons. The number of H-pyrrole nitrogens is 1. The zero-order valence-electron chi connectivity index (χ0n) is 12.2. The lowest BCUT2D eigenvalue weighted by Crippen LogP contribution is -2.30. The fourth-order valence-electron chi connectivity index (χ4n) is 3.03. The average molecular weight is 305 g/mol. The van der Waals surface area contributed by atoms with Gasteiger partial charge in [-0.05, 0) is 11.0 Å². The van der Waals surface area contributed by atoms with Crippen molar-refractivity contribution in [2.75, 3.05) is 13.1 Å². The minimum absolute atomic E-state index is 0.0990. The van der Waals surface area contributed by atoms with E-state index in [0.717, 1.165) is 0 Å². The summed E-state index contributed by atoms with van der Waals surface area (Å²) in [5, 5.41) is 6.31. The second-order valence-electron chi connectivity index (χ2n) is 6.18. The Morgan fingerprint density at radius 2 is 2.00 bits per heavy atom. The van der Waals surface area contributed by atoms with Gasteiger partial charge in [0.1, 0.15) is 4.90 Å². The smallest absolute Gasteiger partial charge is 0.246 e. The molecule has 0 spiro atoms. The van der Waals surface area contributed by atoms with Gasteiger partial charge in [-0.25, -0.2) is 8.42 Å². The van der Waals surface area contributed by atoms with E-state index >= 15 is 0 Å². The van der Waals surface area contributed by atoms with Gasteiger partial charge in [0.05, 0.1) is 6.20 Å². The molecule has 112 valence electrons. The van der Waals surface area contributed by atoms with Crippen LogP contribution in [0.3, 0.4) is 0 Å². The molecule has 1 N–H and O–H groups in total. The van der Waals surface area contributed by atoms with Crippen molar-refractivity contribution >= 4 is 10.0 Å². The molecule has 1 saturated heterocycles. The minimum atomic E-state index is -3.47. The summed E-state index contributed by atoms with van der Waals surface area (Å²) in [5.41, 5.74) is 1.09. The maximum atomic E-state index is 12.6. The van der Waals surface area contributed by atoms with Crippen molar-refractivity contribution in [1.82, 2.24) is 14.5 Å². The summed E-state index contributed by atoms with van der Waals surface area (Å²) < 4.78 is 26.8. The van der Waals surface area contributed by atoms with E-state index in [-0.39, 0.29) is 16.2 Å². The predicted molar refractivity (Wildman–Crippen MR) is 80.3 cm³/mol. The van der Waals surface area contributed by atoms with E-state index in [1.165, 1.54) is 18.0 Å². The van der Waals surface area contributed by atoms with Crippen molar-refractivity contribution in [1.29, 1.82) is 0 Å². The number of rotatable bonds is 3. The number of hydrogen-bond acceptors (Lipinski definition) is 3. The molecule has 1 atom stereocenters. The molecule has 1 fully saturated rings. The first kappa shape index (κ1) is 14.3. The van der Waals surface area contributed by atoms with Crippen LogP contribution in [0.4, 0.5) is 0 Å². The molecule has 0 aliphatic carbocycles. The average Bonchev–Trinajstić information content (AvgIpc) is 3.07. The molecule has 6 heteroatoms. The second kappa shape index (κ2) is 4.96. The maximum Gasteiger partial charge on any atom is 0.246 e. The fourth-order valence-corrected chi connectivity index (χ4v) is 4.57. The highest BCUT2D eigenvalue weighted by Gasteiger charge is 2.45. The Labute approximate surface area is 125 Å². The Bertz CT molecular complexity index is 709. The lowest BCUT2D eigenvalue weighted by molar-refractivity contribution is 0.347. The van der Waals surface area contributed by atoms with E-state index in [0.29, 0.717) is 13.1 Å². The van der Waals surface area contributed by atoms with Crippen LogP contribution in [0, 0.1) is 5.41 Å². The van der Waals surface area contributed by atoms with E-state index in [9.17, 15) is 8.42 Å². The first-order valence-electron chi connectivity index (χ1n) is 6.95. The summed E-state index contributed by atoms with van der Waals surface area (Å²) in [6.07, 6.45) is 2.79. The van der Waals surface area contributed by atoms with E-state index in [4.69, 9.17) is 0 Å². The van der Waals surface area contributed by atoms with Gasteiger partial charge in [0.2, 0.25) is 10.0 Å². The molecule has 5 nitrogen and oxygen atoms in total. The molecule has 3 rings (SSSR count). The van der Waals surface area contributed by atoms with Crippen molar-refractivity contribution in [3.63, 3.8) is 0 Å². The van der Waals surface area contributed by atoms with Crippen LogP contribution < -0.4 is 0 Å². The Morgan fingerprint density at radius 3 is 2.62 bits per heavy atom. The van der Waals surface area contributed by atoms with Crippen molar-refractivity contribution in [2.45, 2.75) is 24.7 Å². The van der Waals surface area contributed by atoms with E-state index in [2.05, 4.69) is 36.2 Å². The van der Waals surface area contributed by atoms with Crippen LogP contribution in [0.5, 0.6) is 0 Å². The highest BCUT2D eigenvalue weighted by atomic mass is 32.2. The van der Waals surface area contributed by atoms with Gasteiger partial charge in [0, 0.05) is 25.2 Å². The van der Waals surface area contributed by atoms with Crippen LogP contribution in [0.25, 0.3) is 0 Å². The van der Waals surface area contributed by atoms with Crippen LogP contribution in [-0.4, -0.2) is 36.0 Å². The Hall–Kier alpha value is -1.66. The van der Waals surface area contributed by atoms with Crippen LogP contribution in [0.1, 0.15) is 25.3 Å². The Morgan fingerprint density at radius 1 is 1.29 bits per heavy atom. The number of aromatic nitrogens is 2. The van der Waals surface area contributed by atoms with Gasteiger partial charge in [-0.15, -0.1) is 0 Å². The van der Waals surface area contributed by atoms with Gasteiger partial charge >= 0.3 is 0 Å². The third-order valence-electron chi connectivity index (χ3n) is 4.23. The molecule has 0 saturated carbocycles. The van der Waals surface area contributed by atoms with Crippen LogP contribution in [0.15, 0.2) is 47.6 Å². The highest BCUT2D eigenvalue weighted by Crippen LogP contribution is 2.43. The van der Waals surface area contributed by atoms with Gasteiger partial charge in [-0.3, -0.25) is 5.10 Å². The van der Waals surface area contributed by atoms with Crippen molar-refractivity contribution in [2.24, 2.45) is 5.41 Å². The standard InChI is InChI=1S/C15H19N3O2S/c1-15(2)11-18(21(19,20)13-8-16-17-9-13)10-14(15)12-6-4-3-5-7-12/h3-9,14H,10-11H2,1-2H3,(H,16,17). The lowest BCUT2D eigenvalue weighted by Gasteiger charge is -2.25. The van der Waals surface area contributed by atoms with E-state index in [1.54, 1.807) is 4.31 Å². The molecule has 1 unspecified atom stereocenters. The summed E-state index contributed by atoms with van der Waals surface area (Å²) in [7, 11) is -3.47. The molecule has 1 aliphatic rings. The fraction of sp³-hybridized carbons (Fsp3) is 0.400. The molecular formula is C15H19N3O2S. The summed E-state index contributed by atoms with van der Waals surface area (Å²) in [6.45, 7) is 5.26. The predicted octanol–water partition coefficient (Wildman–Crippen LogP) is 2.22. The normalized spacial score (nSPS) is 22.5. The number of sulfonamides is 1. The second-order valence-corrected chi connectivity index (χ2v) is 8.12. The van der Waals surface area contributed by atoms with Crippen LogP contribution >= 0.6 is 0 Å². The summed E-state index contributed by atoms with van der Waals surface area (Å²) in [5.74, 6) is 0.195. The summed E-state index contributed by atoms with van der Waals surface area (Å²) in [6, 6.07) is 10.1. The number of benzene rings is 1. The van der Waals surface area contributed by atoms with Crippen molar-refractivity contribution in [3.8, 4) is 0 Å². The van der Waals surface area contributed by atoms with E-state index in [1.807, 2.05) is 18.2 Å². The maximum absolute atomic E-state index is 12.6. The SMILES string of the molecule is CC1(C)CN(S(=O)(=O)c2cn[nH]c2)CC1c1ccccc1. The molecular weight excluding hydrogens is 286 g/mol. The quantitative estimate of drug-likeness (QED) is 0.945. The lowest BCUT2D eigenvalue weighted by atomic mass is 9.78. The first-order chi connectivity index (χ1) is 9.91. The molecule has 1 aromatic carbocycles. The zero-order chi connectivity index (χ0) is 15.1. The molecule has 1 aromatic heterocycles. The van der Waals surface area contributed by atoms with Crippen LogP contribution in [0.2, 0.25) is 0 Å². The van der Waals surface area contributed by atoms with Gasteiger partial charge in [-0.2, -0.15) is 9.40 Å². The Balaban J connectivity index is 1.92. The third-order valence-corrected chi connectivity index (χ3v) is 6.00. The number of nitrogens with zero attached hydrogens (tertiary/aromatic N) is 2. The number of nitrogens with one attached hydrogen (secondary N) is 1. The summed E-state index contributed by atoms with van der Waals surface area (Å²) in [4.78, 5) is 0.229. The first-order valence-corrected chi connectivity index (χ1v) is 8.39. The monoisotopic (exact) mass is 305 g/mol. The molecule has 2 aromatic rings. The molecule has 21 heavy (non-hydrogen) atoms. The minimum Gasteiger partial charge on any atom is -0.284 e. The Kier molecular flexibility index (Phi) is 3.37. The highest BCUT2D eigenvalue weighted by molar-refractivity contribution is 7.89. The van der Waals surface area contributed by atoms with Gasteiger partial charge in [-0.1, -0.05) is 44.2 Å². The van der Waals surface area contributed by atoms with Gasteiger partial charge in [0.15, 0.2) is 0 Å². The van der Waals surface area contributed by atoms with Gasteiger partial charge in [0.25, 0.3) is 0 Å². The van der Waals surface area contributed by atoms with Gasteiger partial charge < -0.3 is 0 Å². The number of hydrogen-bond donors (Lipinski definition) is 1. The third kappa shape index (κ3) is 2.49. The van der Waals surface area contributed by atoms with Crippen molar-refractivity contribution in [3.05, 3.63) is 48.3 Å². The van der Waals surface area contributed by atoms with Crippen LogP contribution in [-0.2, 0) is 10.0 Å². The summed E-state index contributed by atoms with van der Waals surface area (Å²) >= 11 is 0. The topological polar surface area (TPSA) is 66.1 Å². The molecule has 0 amide bonds.